The third-order valence-electron chi connectivity index (χ3n) is 3.88. The number of hydrogen-bond donors (Lipinski definition) is 1. The Morgan fingerprint density at radius 1 is 1.35 bits per heavy atom. The number of thiazole rings is 1. The Kier molecular flexibility index (Phi) is 4.49. The van der Waals surface area contributed by atoms with Gasteiger partial charge in [0.1, 0.15) is 5.75 Å². The molecule has 0 bridgehead atoms. The van der Waals surface area contributed by atoms with E-state index < -0.39 is 0 Å². The summed E-state index contributed by atoms with van der Waals surface area (Å²) in [7, 11) is 0. The second-order valence-corrected chi connectivity index (χ2v) is 6.11. The summed E-state index contributed by atoms with van der Waals surface area (Å²) in [5, 5.41) is 1.85. The number of ether oxygens (including phenoxy) is 1. The average Bonchev–Trinajstić information content (AvgIpc) is 2.93. The predicted molar refractivity (Wildman–Crippen MR) is 91.2 cm³/mol. The lowest BCUT2D eigenvalue weighted by atomic mass is 10.1. The van der Waals surface area contributed by atoms with Gasteiger partial charge in [0.2, 0.25) is 0 Å². The summed E-state index contributed by atoms with van der Waals surface area (Å²) in [5.74, 6) is 0.643. The molecule has 0 saturated carbocycles. The standard InChI is InChI=1S/C16H19N3O3S/c1-2-18-12-8-11(4-5-14(12)22-9-15(18)20)13-10-23-16(21)19(13)7-3-6-17/h4-5,8,10H,2-3,6-7,9,17H2,1H3. The predicted octanol–water partition coefficient (Wildman–Crippen LogP) is 1.67. The molecule has 0 spiro atoms. The summed E-state index contributed by atoms with van der Waals surface area (Å²) >= 11 is 1.18. The van der Waals surface area contributed by atoms with Crippen molar-refractivity contribution in [3.05, 3.63) is 33.2 Å². The normalized spacial score (nSPS) is 13.8. The number of amides is 1. The second kappa shape index (κ2) is 6.55. The van der Waals surface area contributed by atoms with E-state index in [1.165, 1.54) is 11.3 Å². The van der Waals surface area contributed by atoms with Crippen molar-refractivity contribution in [3.63, 3.8) is 0 Å². The smallest absolute Gasteiger partial charge is 0.307 e. The van der Waals surface area contributed by atoms with Gasteiger partial charge in [-0.25, -0.2) is 0 Å². The zero-order chi connectivity index (χ0) is 16.4. The summed E-state index contributed by atoms with van der Waals surface area (Å²) in [6, 6.07) is 5.69. The molecule has 0 atom stereocenters. The van der Waals surface area contributed by atoms with Gasteiger partial charge in [-0.1, -0.05) is 11.3 Å². The molecule has 0 fully saturated rings. The van der Waals surface area contributed by atoms with E-state index in [4.69, 9.17) is 10.5 Å². The minimum atomic E-state index is -0.0528. The molecular weight excluding hydrogens is 314 g/mol. The van der Waals surface area contributed by atoms with Gasteiger partial charge in [0.25, 0.3) is 5.91 Å². The molecule has 6 nitrogen and oxygen atoms in total. The Morgan fingerprint density at radius 2 is 2.17 bits per heavy atom. The molecule has 3 rings (SSSR count). The van der Waals surface area contributed by atoms with Crippen molar-refractivity contribution in [1.29, 1.82) is 0 Å². The van der Waals surface area contributed by atoms with Crippen LogP contribution in [-0.4, -0.2) is 30.2 Å². The summed E-state index contributed by atoms with van der Waals surface area (Å²) in [6.45, 7) is 3.72. The molecule has 2 N–H and O–H groups in total. The molecular formula is C16H19N3O3S. The first-order valence-electron chi connectivity index (χ1n) is 7.61. The van der Waals surface area contributed by atoms with Gasteiger partial charge in [-0.15, -0.1) is 0 Å². The maximum Gasteiger partial charge on any atom is 0.307 e. The summed E-state index contributed by atoms with van der Waals surface area (Å²) in [4.78, 5) is 25.7. The van der Waals surface area contributed by atoms with Crippen LogP contribution >= 0.6 is 11.3 Å². The molecule has 1 aliphatic rings. The fourth-order valence-corrected chi connectivity index (χ4v) is 3.52. The largest absolute Gasteiger partial charge is 0.482 e. The van der Waals surface area contributed by atoms with E-state index in [-0.39, 0.29) is 17.4 Å². The highest BCUT2D eigenvalue weighted by Gasteiger charge is 2.25. The number of nitrogens with zero attached hydrogens (tertiary/aromatic N) is 2. The molecule has 1 aromatic heterocycles. The van der Waals surface area contributed by atoms with Crippen molar-refractivity contribution < 1.29 is 9.53 Å². The number of hydrogen-bond acceptors (Lipinski definition) is 5. The van der Waals surface area contributed by atoms with Gasteiger partial charge in [0.15, 0.2) is 6.61 Å². The van der Waals surface area contributed by atoms with Gasteiger partial charge in [0, 0.05) is 24.0 Å². The number of anilines is 1. The monoisotopic (exact) mass is 333 g/mol. The summed E-state index contributed by atoms with van der Waals surface area (Å²) < 4.78 is 7.22. The van der Waals surface area contributed by atoms with Gasteiger partial charge < -0.3 is 15.4 Å². The topological polar surface area (TPSA) is 77.6 Å². The van der Waals surface area contributed by atoms with Crippen molar-refractivity contribution in [2.24, 2.45) is 5.73 Å². The van der Waals surface area contributed by atoms with Gasteiger partial charge in [0.05, 0.1) is 11.4 Å². The highest BCUT2D eigenvalue weighted by molar-refractivity contribution is 7.07. The lowest BCUT2D eigenvalue weighted by Crippen LogP contribution is -2.38. The Labute approximate surface area is 138 Å². The maximum atomic E-state index is 12.0. The molecule has 7 heteroatoms. The Morgan fingerprint density at radius 3 is 2.91 bits per heavy atom. The van der Waals surface area contributed by atoms with Crippen LogP contribution < -0.4 is 20.2 Å². The van der Waals surface area contributed by atoms with Gasteiger partial charge in [-0.3, -0.25) is 14.2 Å². The molecule has 1 aromatic carbocycles. The third kappa shape index (κ3) is 2.89. The Hall–Kier alpha value is -2.12. The van der Waals surface area contributed by atoms with Crippen LogP contribution in [0.15, 0.2) is 28.4 Å². The molecule has 0 aliphatic carbocycles. The van der Waals surface area contributed by atoms with E-state index in [0.717, 1.165) is 23.4 Å². The van der Waals surface area contributed by atoms with E-state index in [1.807, 2.05) is 30.5 Å². The maximum absolute atomic E-state index is 12.0. The molecule has 122 valence electrons. The number of rotatable bonds is 5. The number of carbonyl (C=O) groups excluding carboxylic acids is 1. The fourth-order valence-electron chi connectivity index (χ4n) is 2.72. The first kappa shape index (κ1) is 15.8. The number of carbonyl (C=O) groups is 1. The van der Waals surface area contributed by atoms with E-state index in [0.29, 0.717) is 25.4 Å². The molecule has 2 heterocycles. The van der Waals surface area contributed by atoms with Crippen molar-refractivity contribution in [2.45, 2.75) is 19.9 Å². The molecule has 23 heavy (non-hydrogen) atoms. The van der Waals surface area contributed by atoms with Crippen molar-refractivity contribution in [2.75, 3.05) is 24.6 Å². The number of fused-ring (bicyclic) bond motifs is 1. The first-order valence-corrected chi connectivity index (χ1v) is 8.49. The van der Waals surface area contributed by atoms with Gasteiger partial charge in [-0.2, -0.15) is 0 Å². The van der Waals surface area contributed by atoms with Crippen LogP contribution in [0.1, 0.15) is 13.3 Å². The SMILES string of the molecule is CCN1C(=O)COc2ccc(-c3csc(=O)n3CCCN)cc21. The van der Waals surface area contributed by atoms with E-state index in [1.54, 1.807) is 9.47 Å². The summed E-state index contributed by atoms with van der Waals surface area (Å²) in [6.07, 6.45) is 0.747. The summed E-state index contributed by atoms with van der Waals surface area (Å²) in [5.41, 5.74) is 8.06. The second-order valence-electron chi connectivity index (χ2n) is 5.29. The molecule has 2 aromatic rings. The van der Waals surface area contributed by atoms with E-state index in [9.17, 15) is 9.59 Å². The first-order chi connectivity index (χ1) is 11.2. The van der Waals surface area contributed by atoms with Crippen LogP contribution in [-0.2, 0) is 11.3 Å². The Balaban J connectivity index is 2.04. The van der Waals surface area contributed by atoms with Gasteiger partial charge in [-0.05, 0) is 38.1 Å². The molecule has 1 amide bonds. The van der Waals surface area contributed by atoms with Crippen molar-refractivity contribution >= 4 is 22.9 Å². The molecule has 0 unspecified atom stereocenters. The fraction of sp³-hybridized carbons (Fsp3) is 0.375. The van der Waals surface area contributed by atoms with Crippen LogP contribution in [0.3, 0.4) is 0 Å². The molecule has 0 radical (unpaired) electrons. The quantitative estimate of drug-likeness (QED) is 0.903. The highest BCUT2D eigenvalue weighted by atomic mass is 32.1. The highest BCUT2D eigenvalue weighted by Crippen LogP contribution is 2.36. The van der Waals surface area contributed by atoms with Crippen LogP contribution in [0.4, 0.5) is 5.69 Å². The lowest BCUT2D eigenvalue weighted by Gasteiger charge is -2.28. The number of likely N-dealkylation sites (N-methyl/N-ethyl adjacent to an activating group) is 1. The third-order valence-corrected chi connectivity index (χ3v) is 4.65. The van der Waals surface area contributed by atoms with Crippen LogP contribution in [0.5, 0.6) is 5.75 Å². The number of nitrogens with two attached hydrogens (primary N) is 1. The molecule has 0 saturated heterocycles. The van der Waals surface area contributed by atoms with Crippen molar-refractivity contribution in [1.82, 2.24) is 4.57 Å². The Bertz CT molecular complexity index is 781. The molecule has 1 aliphatic heterocycles. The number of aromatic nitrogens is 1. The van der Waals surface area contributed by atoms with E-state index >= 15 is 0 Å². The number of benzene rings is 1. The average molecular weight is 333 g/mol. The van der Waals surface area contributed by atoms with Crippen LogP contribution in [0, 0.1) is 0 Å². The van der Waals surface area contributed by atoms with E-state index in [2.05, 4.69) is 0 Å². The minimum absolute atomic E-state index is 0.00541. The van der Waals surface area contributed by atoms with Crippen molar-refractivity contribution in [3.8, 4) is 17.0 Å². The zero-order valence-electron chi connectivity index (χ0n) is 12.9. The van der Waals surface area contributed by atoms with Gasteiger partial charge >= 0.3 is 4.87 Å². The van der Waals surface area contributed by atoms with Crippen LogP contribution in [0.25, 0.3) is 11.3 Å². The van der Waals surface area contributed by atoms with Crippen LogP contribution in [0.2, 0.25) is 0 Å². The zero-order valence-corrected chi connectivity index (χ0v) is 13.8. The lowest BCUT2D eigenvalue weighted by molar-refractivity contribution is -0.121. The minimum Gasteiger partial charge on any atom is -0.482 e.